The first-order valence-electron chi connectivity index (χ1n) is 8.60. The van der Waals surface area contributed by atoms with Gasteiger partial charge in [0.1, 0.15) is 5.82 Å². The number of hydrogen-bond acceptors (Lipinski definition) is 3. The van der Waals surface area contributed by atoms with Crippen LogP contribution in [0.25, 0.3) is 0 Å². The van der Waals surface area contributed by atoms with E-state index in [1.807, 2.05) is 0 Å². The van der Waals surface area contributed by atoms with Crippen molar-refractivity contribution in [2.45, 2.75) is 5.66 Å². The number of fused-ring (bicyclic) bond motifs is 3. The highest BCUT2D eigenvalue weighted by atomic mass is 35.5. The molecule has 0 radical (unpaired) electrons. The van der Waals surface area contributed by atoms with Gasteiger partial charge in [0.05, 0.1) is 16.3 Å². The van der Waals surface area contributed by atoms with Crippen LogP contribution in [0.1, 0.15) is 15.9 Å². The molecule has 2 N–H and O–H groups in total. The van der Waals surface area contributed by atoms with Crippen molar-refractivity contribution in [1.82, 2.24) is 0 Å². The fraction of sp³-hybridized carbons (Fsp3) is 0.0476. The van der Waals surface area contributed by atoms with E-state index in [9.17, 15) is 14.0 Å². The fourth-order valence-electron chi connectivity index (χ4n) is 3.83. The highest BCUT2D eigenvalue weighted by molar-refractivity contribution is 6.35. The Morgan fingerprint density at radius 2 is 1.68 bits per heavy atom. The van der Waals surface area contributed by atoms with E-state index in [0.717, 1.165) is 0 Å². The van der Waals surface area contributed by atoms with E-state index in [0.29, 0.717) is 33.2 Å². The minimum absolute atomic E-state index is 0.370. The molecule has 138 valence electrons. The molecule has 5 rings (SSSR count). The summed E-state index contributed by atoms with van der Waals surface area (Å²) in [6.45, 7) is 0. The van der Waals surface area contributed by atoms with Gasteiger partial charge in [0.25, 0.3) is 11.8 Å². The molecule has 7 heteroatoms. The number of anilines is 3. The second-order valence-electron chi connectivity index (χ2n) is 6.61. The van der Waals surface area contributed by atoms with Gasteiger partial charge in [-0.2, -0.15) is 0 Å². The Hall–Kier alpha value is -3.38. The standard InChI is InChI=1S/C21H13ClFN3O2/c22-16-6-3-5-15-18(16)24-20(28)21(15)25-17-7-2-1-4-14(17)19(27)26(21)13-10-8-12(23)9-11-13/h1-11,25H,(H,24,28)/t21-/m1/s1. The Labute approximate surface area is 164 Å². The van der Waals surface area contributed by atoms with Gasteiger partial charge >= 0.3 is 0 Å². The van der Waals surface area contributed by atoms with Crippen molar-refractivity contribution < 1.29 is 14.0 Å². The van der Waals surface area contributed by atoms with Crippen LogP contribution in [0.2, 0.25) is 5.02 Å². The lowest BCUT2D eigenvalue weighted by molar-refractivity contribution is -0.119. The summed E-state index contributed by atoms with van der Waals surface area (Å²) in [4.78, 5) is 28.1. The third kappa shape index (κ3) is 2.12. The van der Waals surface area contributed by atoms with Crippen LogP contribution in [0, 0.1) is 5.82 Å². The molecule has 0 aliphatic carbocycles. The Bertz CT molecular complexity index is 1150. The second kappa shape index (κ2) is 5.81. The van der Waals surface area contributed by atoms with E-state index in [1.54, 1.807) is 42.5 Å². The molecule has 3 aromatic rings. The van der Waals surface area contributed by atoms with Crippen molar-refractivity contribution in [2.24, 2.45) is 0 Å². The summed E-state index contributed by atoms with van der Waals surface area (Å²) in [5, 5.41) is 6.40. The van der Waals surface area contributed by atoms with Gasteiger partial charge in [0, 0.05) is 16.9 Å². The summed E-state index contributed by atoms with van der Waals surface area (Å²) in [7, 11) is 0. The average Bonchev–Trinajstić information content (AvgIpc) is 2.97. The number of para-hydroxylation sites is 2. The lowest BCUT2D eigenvalue weighted by Crippen LogP contribution is -2.61. The van der Waals surface area contributed by atoms with Crippen molar-refractivity contribution in [1.29, 1.82) is 0 Å². The van der Waals surface area contributed by atoms with E-state index in [-0.39, 0.29) is 5.91 Å². The summed E-state index contributed by atoms with van der Waals surface area (Å²) in [5.74, 6) is -1.25. The third-order valence-corrected chi connectivity index (χ3v) is 5.38. The number of rotatable bonds is 1. The van der Waals surface area contributed by atoms with Crippen LogP contribution in [0.3, 0.4) is 0 Å². The first kappa shape index (κ1) is 16.8. The van der Waals surface area contributed by atoms with Gasteiger partial charge in [-0.1, -0.05) is 35.9 Å². The van der Waals surface area contributed by atoms with E-state index in [1.165, 1.54) is 29.2 Å². The molecule has 2 aliphatic heterocycles. The number of carbonyl (C=O) groups excluding carboxylic acids is 2. The first-order chi connectivity index (χ1) is 13.5. The summed E-state index contributed by atoms with van der Waals surface area (Å²) in [5.41, 5.74) is 0.771. The van der Waals surface area contributed by atoms with Gasteiger partial charge in [0.2, 0.25) is 5.66 Å². The van der Waals surface area contributed by atoms with Gasteiger partial charge in [-0.05, 0) is 42.5 Å². The fourth-order valence-corrected chi connectivity index (χ4v) is 4.05. The lowest BCUT2D eigenvalue weighted by Gasteiger charge is -2.44. The number of carbonyl (C=O) groups is 2. The molecule has 5 nitrogen and oxygen atoms in total. The molecule has 28 heavy (non-hydrogen) atoms. The Balaban J connectivity index is 1.82. The molecule has 2 heterocycles. The number of hydrogen-bond donors (Lipinski definition) is 2. The monoisotopic (exact) mass is 393 g/mol. The maximum Gasteiger partial charge on any atom is 0.276 e. The Morgan fingerprint density at radius 3 is 2.46 bits per heavy atom. The molecule has 1 spiro atoms. The van der Waals surface area contributed by atoms with E-state index < -0.39 is 17.4 Å². The van der Waals surface area contributed by atoms with Crippen LogP contribution in [-0.4, -0.2) is 11.8 Å². The molecule has 2 amide bonds. The summed E-state index contributed by atoms with van der Waals surface area (Å²) in [6, 6.07) is 17.5. The van der Waals surface area contributed by atoms with E-state index >= 15 is 0 Å². The Morgan fingerprint density at radius 1 is 0.929 bits per heavy atom. The molecule has 1 atom stereocenters. The third-order valence-electron chi connectivity index (χ3n) is 5.07. The average molecular weight is 394 g/mol. The summed E-state index contributed by atoms with van der Waals surface area (Å²) >= 11 is 6.29. The van der Waals surface area contributed by atoms with Gasteiger partial charge in [-0.15, -0.1) is 0 Å². The van der Waals surface area contributed by atoms with Crippen molar-refractivity contribution in [3.8, 4) is 0 Å². The number of benzene rings is 3. The smallest absolute Gasteiger partial charge is 0.276 e. The zero-order valence-electron chi connectivity index (χ0n) is 14.4. The molecule has 0 fully saturated rings. The van der Waals surface area contributed by atoms with Crippen LogP contribution in [0.5, 0.6) is 0 Å². The zero-order chi connectivity index (χ0) is 19.5. The lowest BCUT2D eigenvalue weighted by atomic mass is 9.92. The quantitative estimate of drug-likeness (QED) is 0.646. The number of nitrogens with zero attached hydrogens (tertiary/aromatic N) is 1. The summed E-state index contributed by atoms with van der Waals surface area (Å²) in [6.07, 6.45) is 0. The van der Waals surface area contributed by atoms with Crippen LogP contribution < -0.4 is 15.5 Å². The van der Waals surface area contributed by atoms with E-state index in [2.05, 4.69) is 10.6 Å². The van der Waals surface area contributed by atoms with Gasteiger partial charge < -0.3 is 10.6 Å². The first-order valence-corrected chi connectivity index (χ1v) is 8.98. The van der Waals surface area contributed by atoms with Crippen LogP contribution in [0.4, 0.5) is 21.5 Å². The Kier molecular flexibility index (Phi) is 3.48. The molecule has 0 saturated carbocycles. The minimum Gasteiger partial charge on any atom is -0.350 e. The van der Waals surface area contributed by atoms with Crippen molar-refractivity contribution in [3.05, 3.63) is 88.7 Å². The molecular formula is C21H13ClFN3O2. The highest BCUT2D eigenvalue weighted by Gasteiger charge is 2.57. The van der Waals surface area contributed by atoms with E-state index in [4.69, 9.17) is 11.6 Å². The van der Waals surface area contributed by atoms with Crippen molar-refractivity contribution >= 4 is 40.5 Å². The minimum atomic E-state index is -1.54. The number of halogens is 2. The molecule has 0 unspecified atom stereocenters. The maximum absolute atomic E-state index is 13.5. The van der Waals surface area contributed by atoms with Crippen LogP contribution >= 0.6 is 11.6 Å². The van der Waals surface area contributed by atoms with Crippen LogP contribution in [0.15, 0.2) is 66.7 Å². The zero-order valence-corrected chi connectivity index (χ0v) is 15.1. The van der Waals surface area contributed by atoms with Crippen molar-refractivity contribution in [2.75, 3.05) is 15.5 Å². The maximum atomic E-state index is 13.5. The summed E-state index contributed by atoms with van der Waals surface area (Å²) < 4.78 is 13.5. The molecule has 0 bridgehead atoms. The van der Waals surface area contributed by atoms with Gasteiger partial charge in [0.15, 0.2) is 0 Å². The predicted molar refractivity (Wildman–Crippen MR) is 105 cm³/mol. The normalized spacial score (nSPS) is 19.9. The second-order valence-corrected chi connectivity index (χ2v) is 7.02. The molecule has 3 aromatic carbocycles. The predicted octanol–water partition coefficient (Wildman–Crippen LogP) is 4.36. The molecule has 0 saturated heterocycles. The van der Waals surface area contributed by atoms with Crippen molar-refractivity contribution in [3.63, 3.8) is 0 Å². The number of amides is 2. The highest BCUT2D eigenvalue weighted by Crippen LogP contribution is 2.48. The molecule has 0 aromatic heterocycles. The van der Waals surface area contributed by atoms with Gasteiger partial charge in [-0.25, -0.2) is 4.39 Å². The topological polar surface area (TPSA) is 61.4 Å². The SMILES string of the molecule is O=C1c2ccccc2N[C@@]2(C(=O)Nc3c(Cl)cccc32)N1c1ccc(F)cc1. The largest absolute Gasteiger partial charge is 0.350 e. The molecular weight excluding hydrogens is 381 g/mol. The van der Waals surface area contributed by atoms with Gasteiger partial charge in [-0.3, -0.25) is 14.5 Å². The number of nitrogens with one attached hydrogen (secondary N) is 2. The van der Waals surface area contributed by atoms with Crippen LogP contribution in [-0.2, 0) is 10.5 Å². The molecule has 2 aliphatic rings.